The van der Waals surface area contributed by atoms with Crippen molar-refractivity contribution in [3.63, 3.8) is 0 Å². The Kier molecular flexibility index (Phi) is 5.21. The van der Waals surface area contributed by atoms with E-state index in [-0.39, 0.29) is 0 Å². The van der Waals surface area contributed by atoms with Gasteiger partial charge < -0.3 is 5.32 Å². The summed E-state index contributed by atoms with van der Waals surface area (Å²) in [6, 6.07) is 0.827. The summed E-state index contributed by atoms with van der Waals surface area (Å²) in [5, 5.41) is 3.45. The fourth-order valence-corrected chi connectivity index (χ4v) is 3.18. The molecule has 0 aromatic heterocycles. The Balaban J connectivity index is 1.75. The molecule has 2 heteroatoms. The minimum atomic E-state index is 0.807. The van der Waals surface area contributed by atoms with Crippen LogP contribution in [0, 0.1) is 5.92 Å². The molecule has 1 atom stereocenters. The van der Waals surface area contributed by atoms with Crippen molar-refractivity contribution >= 4 is 0 Å². The average molecular weight is 246 g/mol. The van der Waals surface area contributed by atoms with Crippen molar-refractivity contribution in [3.05, 3.63) is 37.0 Å². The van der Waals surface area contributed by atoms with E-state index in [1.54, 1.807) is 0 Å². The molecule has 2 rings (SSSR count). The molecule has 2 heterocycles. The summed E-state index contributed by atoms with van der Waals surface area (Å²) in [5.41, 5.74) is 1.24. The topological polar surface area (TPSA) is 15.3 Å². The maximum atomic E-state index is 4.13. The molecule has 18 heavy (non-hydrogen) atoms. The van der Waals surface area contributed by atoms with Crippen LogP contribution in [0.3, 0.4) is 0 Å². The number of hydrogen-bond acceptors (Lipinski definition) is 2. The zero-order chi connectivity index (χ0) is 12.8. The van der Waals surface area contributed by atoms with E-state index in [0.29, 0.717) is 0 Å². The summed E-state index contributed by atoms with van der Waals surface area (Å²) in [5.74, 6) is 0.807. The fourth-order valence-electron chi connectivity index (χ4n) is 3.18. The quantitative estimate of drug-likeness (QED) is 0.750. The third-order valence-electron chi connectivity index (χ3n) is 4.16. The van der Waals surface area contributed by atoms with Crippen LogP contribution >= 0.6 is 0 Å². The van der Waals surface area contributed by atoms with Crippen molar-refractivity contribution in [1.82, 2.24) is 10.2 Å². The lowest BCUT2D eigenvalue weighted by Gasteiger charge is -2.31. The molecule has 2 aliphatic rings. The average Bonchev–Trinajstić information content (AvgIpc) is 2.86. The van der Waals surface area contributed by atoms with Gasteiger partial charge in [-0.3, -0.25) is 4.90 Å². The molecule has 0 aliphatic carbocycles. The van der Waals surface area contributed by atoms with Crippen molar-refractivity contribution in [2.75, 3.05) is 26.2 Å². The Morgan fingerprint density at radius 1 is 1.28 bits per heavy atom. The van der Waals surface area contributed by atoms with Gasteiger partial charge in [0.05, 0.1) is 0 Å². The molecule has 0 aromatic rings. The minimum Gasteiger partial charge on any atom is -0.317 e. The van der Waals surface area contributed by atoms with Gasteiger partial charge in [-0.15, -0.1) is 0 Å². The van der Waals surface area contributed by atoms with Crippen molar-refractivity contribution in [3.8, 4) is 0 Å². The molecule has 100 valence electrons. The third kappa shape index (κ3) is 3.82. The van der Waals surface area contributed by atoms with E-state index >= 15 is 0 Å². The normalized spacial score (nSPS) is 26.8. The van der Waals surface area contributed by atoms with Crippen LogP contribution in [0.4, 0.5) is 0 Å². The van der Waals surface area contributed by atoms with Crippen LogP contribution in [-0.2, 0) is 0 Å². The van der Waals surface area contributed by atoms with Crippen LogP contribution in [-0.4, -0.2) is 37.1 Å². The lowest BCUT2D eigenvalue weighted by atomic mass is 9.99. The highest BCUT2D eigenvalue weighted by molar-refractivity contribution is 5.18. The highest BCUT2D eigenvalue weighted by atomic mass is 15.2. The molecular formula is C16H26N2. The summed E-state index contributed by atoms with van der Waals surface area (Å²) in [7, 11) is 0. The Labute approximate surface area is 111 Å². The molecule has 0 radical (unpaired) electrons. The molecule has 2 nitrogen and oxygen atoms in total. The Hall–Kier alpha value is -0.860. The minimum absolute atomic E-state index is 0.807. The molecule has 1 N–H and O–H groups in total. The molecule has 0 bridgehead atoms. The first-order chi connectivity index (χ1) is 8.79. The van der Waals surface area contributed by atoms with Gasteiger partial charge in [0, 0.05) is 12.6 Å². The number of nitrogens with zero attached hydrogens (tertiary/aromatic N) is 1. The number of hydrogen-bond donors (Lipinski definition) is 1. The van der Waals surface area contributed by atoms with Gasteiger partial charge in [0.2, 0.25) is 0 Å². The molecule has 1 unspecified atom stereocenters. The molecule has 0 aromatic carbocycles. The lowest BCUT2D eigenvalue weighted by molar-refractivity contribution is 0.192. The van der Waals surface area contributed by atoms with Crippen LogP contribution in [0.5, 0.6) is 0 Å². The predicted molar refractivity (Wildman–Crippen MR) is 78.7 cm³/mol. The summed E-state index contributed by atoms with van der Waals surface area (Å²) in [6.45, 7) is 12.8. The van der Waals surface area contributed by atoms with E-state index < -0.39 is 0 Å². The SMILES string of the molecule is C=C/C=C\C(=C)CC1CCN(C2CCNCC2)C1. The van der Waals surface area contributed by atoms with Gasteiger partial charge in [0.15, 0.2) is 0 Å². The van der Waals surface area contributed by atoms with Crippen LogP contribution in [0.25, 0.3) is 0 Å². The fraction of sp³-hybridized carbons (Fsp3) is 0.625. The molecule has 2 aliphatic heterocycles. The molecule has 2 fully saturated rings. The van der Waals surface area contributed by atoms with Gasteiger partial charge in [0.1, 0.15) is 0 Å². The second kappa shape index (κ2) is 6.91. The number of likely N-dealkylation sites (tertiary alicyclic amines) is 1. The smallest absolute Gasteiger partial charge is 0.0119 e. The highest BCUT2D eigenvalue weighted by Gasteiger charge is 2.28. The van der Waals surface area contributed by atoms with Gasteiger partial charge in [-0.05, 0) is 51.2 Å². The van der Waals surface area contributed by atoms with Crippen LogP contribution in [0.1, 0.15) is 25.7 Å². The summed E-state index contributed by atoms with van der Waals surface area (Å²) >= 11 is 0. The van der Waals surface area contributed by atoms with E-state index in [1.807, 2.05) is 12.2 Å². The van der Waals surface area contributed by atoms with Crippen molar-refractivity contribution in [2.45, 2.75) is 31.7 Å². The first-order valence-electron chi connectivity index (χ1n) is 7.21. The molecule has 0 spiro atoms. The van der Waals surface area contributed by atoms with Gasteiger partial charge in [-0.2, -0.15) is 0 Å². The Morgan fingerprint density at radius 2 is 2.06 bits per heavy atom. The summed E-state index contributed by atoms with van der Waals surface area (Å²) in [4.78, 5) is 2.70. The highest BCUT2D eigenvalue weighted by Crippen LogP contribution is 2.26. The van der Waals surface area contributed by atoms with Crippen molar-refractivity contribution in [1.29, 1.82) is 0 Å². The number of rotatable bonds is 5. The monoisotopic (exact) mass is 246 g/mol. The molecular weight excluding hydrogens is 220 g/mol. The predicted octanol–water partition coefficient (Wildman–Crippen LogP) is 2.75. The van der Waals surface area contributed by atoms with Crippen molar-refractivity contribution < 1.29 is 0 Å². The van der Waals surface area contributed by atoms with E-state index in [2.05, 4.69) is 29.5 Å². The first kappa shape index (κ1) is 13.6. The largest absolute Gasteiger partial charge is 0.317 e. The van der Waals surface area contributed by atoms with Crippen molar-refractivity contribution in [2.24, 2.45) is 5.92 Å². The van der Waals surface area contributed by atoms with Crippen LogP contribution in [0.15, 0.2) is 37.0 Å². The van der Waals surface area contributed by atoms with E-state index in [1.165, 1.54) is 51.0 Å². The van der Waals surface area contributed by atoms with E-state index in [9.17, 15) is 0 Å². The summed E-state index contributed by atoms with van der Waals surface area (Å²) in [6.07, 6.45) is 11.0. The maximum absolute atomic E-state index is 4.13. The standard InChI is InChI=1S/C16H26N2/c1-3-4-5-14(2)12-15-8-11-18(13-15)16-6-9-17-10-7-16/h3-5,15-17H,1-2,6-13H2/b5-4-. The van der Waals surface area contributed by atoms with Gasteiger partial charge in [-0.1, -0.05) is 37.0 Å². The number of allylic oxidation sites excluding steroid dienone is 4. The van der Waals surface area contributed by atoms with E-state index in [0.717, 1.165) is 18.4 Å². The number of piperidine rings is 1. The van der Waals surface area contributed by atoms with Gasteiger partial charge in [-0.25, -0.2) is 0 Å². The van der Waals surface area contributed by atoms with Gasteiger partial charge in [0.25, 0.3) is 0 Å². The lowest BCUT2D eigenvalue weighted by Crippen LogP contribution is -2.42. The Bertz CT molecular complexity index is 313. The van der Waals surface area contributed by atoms with E-state index in [4.69, 9.17) is 0 Å². The van der Waals surface area contributed by atoms with Crippen LogP contribution in [0.2, 0.25) is 0 Å². The number of nitrogens with one attached hydrogen (secondary N) is 1. The Morgan fingerprint density at radius 3 is 2.78 bits per heavy atom. The molecule has 2 saturated heterocycles. The second-order valence-electron chi connectivity index (χ2n) is 5.59. The molecule has 0 saturated carbocycles. The zero-order valence-electron chi connectivity index (χ0n) is 11.4. The maximum Gasteiger partial charge on any atom is 0.0119 e. The first-order valence-corrected chi connectivity index (χ1v) is 7.21. The third-order valence-corrected chi connectivity index (χ3v) is 4.16. The van der Waals surface area contributed by atoms with Crippen LogP contribution < -0.4 is 5.32 Å². The molecule has 0 amide bonds. The summed E-state index contributed by atoms with van der Waals surface area (Å²) < 4.78 is 0. The second-order valence-corrected chi connectivity index (χ2v) is 5.59. The van der Waals surface area contributed by atoms with Gasteiger partial charge >= 0.3 is 0 Å². The zero-order valence-corrected chi connectivity index (χ0v) is 11.4.